The standard InChI is InChI=1S/C20H17BrF2N2O3.C18H16BrF2N3O5.C18H18BrF2N3O3/c1-27-17-8-13(25-10-24-14-7-12(21)4-5-15(14)25)9-18(28-20(22)23)19(17)16(26)6-11-2-3-11;1-28-14-7-11(22-12-5-2-9(19)6-13(12)24(26)27)8-15(29-18(20)21)16(14)17(25)23-10-3-4-10;1-26-14-7-11(23-13-5-2-9(19)6-12(13)22)8-15(27-18(20)21)16(14)17(25)24-10-3-4-10/h4-5,7-11,20H,2-3,6H2,1H3;2,5-8,10,18,22H,3-4H2,1H3,(H,23,25);2,5-8,10,18,23H,3-4,22H2,1H3,(H,24,25). The van der Waals surface area contributed by atoms with Crippen molar-refractivity contribution in [2.24, 2.45) is 5.92 Å². The van der Waals surface area contributed by atoms with E-state index in [2.05, 4.69) is 83.5 Å². The van der Waals surface area contributed by atoms with Gasteiger partial charge >= 0.3 is 19.8 Å². The normalized spacial score (nSPS) is 13.5. The number of halogens is 9. The largest absolute Gasteiger partial charge is 0.496 e. The van der Waals surface area contributed by atoms with Crippen LogP contribution < -0.4 is 55.4 Å². The molecule has 0 unspecified atom stereocenters. The fraction of sp³-hybridized carbons (Fsp3) is 0.286. The Morgan fingerprint density at radius 3 is 1.54 bits per heavy atom. The van der Waals surface area contributed by atoms with Crippen LogP contribution in [-0.4, -0.2) is 85.3 Å². The molecule has 3 fully saturated rings. The van der Waals surface area contributed by atoms with E-state index in [1.54, 1.807) is 41.2 Å². The van der Waals surface area contributed by atoms with Gasteiger partial charge in [0.2, 0.25) is 0 Å². The monoisotopic (exact) mass is 1360 g/mol. The summed E-state index contributed by atoms with van der Waals surface area (Å²) in [6, 6.07) is 23.6. The first-order chi connectivity index (χ1) is 40.1. The van der Waals surface area contributed by atoms with E-state index in [0.717, 1.165) is 58.5 Å². The van der Waals surface area contributed by atoms with Crippen LogP contribution in [0.1, 0.15) is 76.0 Å². The molecule has 444 valence electrons. The molecule has 0 spiro atoms. The number of Topliss-reactive ketones (excluding diaryl/α,β-unsaturated/α-hetero) is 1. The van der Waals surface area contributed by atoms with E-state index < -0.39 is 42.3 Å². The number of aromatic nitrogens is 2. The summed E-state index contributed by atoms with van der Waals surface area (Å²) in [5, 5.41) is 22.6. The summed E-state index contributed by atoms with van der Waals surface area (Å²) >= 11 is 9.88. The number of hydrogen-bond donors (Lipinski definition) is 5. The number of carbonyl (C=O) groups is 3. The molecular formula is C56H51Br3F6N8O11. The molecule has 0 radical (unpaired) electrons. The number of nitro groups is 1. The van der Waals surface area contributed by atoms with E-state index in [1.165, 1.54) is 63.8 Å². The minimum absolute atomic E-state index is 0.00479. The number of carbonyl (C=O) groups excluding carboxylic acids is 3. The molecule has 7 aromatic rings. The number of alkyl halides is 6. The van der Waals surface area contributed by atoms with Crippen molar-refractivity contribution in [2.45, 2.75) is 76.9 Å². The molecule has 3 saturated carbocycles. The Morgan fingerprint density at radius 2 is 1.06 bits per heavy atom. The van der Waals surface area contributed by atoms with Crippen LogP contribution in [0, 0.1) is 16.0 Å². The molecule has 10 rings (SSSR count). The number of ketones is 1. The minimum Gasteiger partial charge on any atom is -0.496 e. The van der Waals surface area contributed by atoms with E-state index in [4.69, 9.17) is 24.7 Å². The van der Waals surface area contributed by atoms with Gasteiger partial charge in [0.05, 0.1) is 54.3 Å². The number of hydrogen-bond acceptors (Lipinski definition) is 15. The van der Waals surface area contributed by atoms with Gasteiger partial charge in [-0.25, -0.2) is 4.98 Å². The number of nitrogens with two attached hydrogens (primary N) is 1. The highest BCUT2D eigenvalue weighted by molar-refractivity contribution is 9.11. The van der Waals surface area contributed by atoms with E-state index in [0.29, 0.717) is 39.6 Å². The molecule has 84 heavy (non-hydrogen) atoms. The molecule has 1 aromatic heterocycles. The Hall–Kier alpha value is -7.98. The number of anilines is 5. The summed E-state index contributed by atoms with van der Waals surface area (Å²) in [4.78, 5) is 52.7. The molecule has 0 saturated heterocycles. The fourth-order valence-corrected chi connectivity index (χ4v) is 9.46. The Bertz CT molecular complexity index is 3590. The maximum atomic E-state index is 13.0. The van der Waals surface area contributed by atoms with Crippen LogP contribution in [-0.2, 0) is 0 Å². The van der Waals surface area contributed by atoms with Gasteiger partial charge in [0, 0.05) is 85.8 Å². The second-order valence-electron chi connectivity index (χ2n) is 19.0. The van der Waals surface area contributed by atoms with Crippen LogP contribution >= 0.6 is 47.8 Å². The number of fused-ring (bicyclic) bond motifs is 1. The van der Waals surface area contributed by atoms with Crippen molar-refractivity contribution in [3.05, 3.63) is 138 Å². The second-order valence-corrected chi connectivity index (χ2v) is 21.7. The molecule has 6 N–H and O–H groups in total. The van der Waals surface area contributed by atoms with Gasteiger partial charge in [-0.15, -0.1) is 0 Å². The van der Waals surface area contributed by atoms with Gasteiger partial charge in [0.25, 0.3) is 17.5 Å². The van der Waals surface area contributed by atoms with Gasteiger partial charge in [0.15, 0.2) is 5.78 Å². The summed E-state index contributed by atoms with van der Waals surface area (Å²) in [6.45, 7) is -9.32. The van der Waals surface area contributed by atoms with Gasteiger partial charge in [-0.05, 0) is 93.0 Å². The van der Waals surface area contributed by atoms with Gasteiger partial charge in [0.1, 0.15) is 63.2 Å². The predicted molar refractivity (Wildman–Crippen MR) is 310 cm³/mol. The third kappa shape index (κ3) is 16.4. The first kappa shape index (κ1) is 62.1. The van der Waals surface area contributed by atoms with Crippen LogP contribution in [0.5, 0.6) is 34.5 Å². The molecule has 3 aliphatic carbocycles. The maximum Gasteiger partial charge on any atom is 0.387 e. The number of amides is 2. The zero-order valence-corrected chi connectivity index (χ0v) is 49.2. The highest BCUT2D eigenvalue weighted by atomic mass is 79.9. The van der Waals surface area contributed by atoms with Crippen molar-refractivity contribution in [1.82, 2.24) is 20.2 Å². The SMILES string of the molecule is COc1cc(-n2cnc3cc(Br)ccc32)cc(OC(F)F)c1C(=O)CC1CC1.COc1cc(Nc2ccc(Br)cc2N)cc(OC(F)F)c1C(=O)NC1CC1.COc1cc(Nc2ccc(Br)cc2[N+](=O)[O-])cc(OC(F)F)c1C(=O)NC1CC1. The van der Waals surface area contributed by atoms with Crippen LogP contribution in [0.15, 0.2) is 111 Å². The molecule has 19 nitrogen and oxygen atoms in total. The number of methoxy groups -OCH3 is 3. The Morgan fingerprint density at radius 1 is 0.619 bits per heavy atom. The number of rotatable bonds is 22. The van der Waals surface area contributed by atoms with Crippen molar-refractivity contribution in [3.63, 3.8) is 0 Å². The van der Waals surface area contributed by atoms with Gasteiger partial charge < -0.3 is 55.4 Å². The van der Waals surface area contributed by atoms with Crippen LogP contribution in [0.4, 0.5) is 60.5 Å². The molecule has 28 heteroatoms. The Kier molecular flexibility index (Phi) is 20.4. The molecule has 0 bridgehead atoms. The van der Waals surface area contributed by atoms with E-state index in [-0.39, 0.29) is 80.4 Å². The third-order valence-electron chi connectivity index (χ3n) is 12.7. The number of benzene rings is 6. The lowest BCUT2D eigenvalue weighted by Gasteiger charge is -2.17. The first-order valence-electron chi connectivity index (χ1n) is 25.4. The number of ether oxygens (including phenoxy) is 6. The first-order valence-corrected chi connectivity index (χ1v) is 27.8. The molecule has 3 aliphatic rings. The third-order valence-corrected chi connectivity index (χ3v) is 14.2. The highest BCUT2D eigenvalue weighted by Gasteiger charge is 2.32. The maximum absolute atomic E-state index is 13.0. The molecule has 6 aromatic carbocycles. The molecule has 0 atom stereocenters. The number of nitrogens with zero attached hydrogens (tertiary/aromatic N) is 3. The summed E-state index contributed by atoms with van der Waals surface area (Å²) in [6.07, 6.45) is 7.20. The lowest BCUT2D eigenvalue weighted by atomic mass is 10.0. The average molecular weight is 1370 g/mol. The number of nitro benzene ring substituents is 1. The van der Waals surface area contributed by atoms with Gasteiger partial charge in [-0.1, -0.05) is 47.8 Å². The summed E-state index contributed by atoms with van der Waals surface area (Å²) < 4.78 is 111. The Labute approximate surface area is 500 Å². The fourth-order valence-electron chi connectivity index (χ4n) is 8.38. The van der Waals surface area contributed by atoms with Crippen molar-refractivity contribution in [2.75, 3.05) is 37.7 Å². The van der Waals surface area contributed by atoms with Gasteiger partial charge in [-0.3, -0.25) is 29.1 Å². The van der Waals surface area contributed by atoms with E-state index in [9.17, 15) is 50.8 Å². The summed E-state index contributed by atoms with van der Waals surface area (Å²) in [5.41, 5.74) is 9.29. The number of imidazole rings is 1. The zero-order chi connectivity index (χ0) is 60.5. The van der Waals surface area contributed by atoms with E-state index in [1.807, 2.05) is 18.2 Å². The molecule has 0 aliphatic heterocycles. The van der Waals surface area contributed by atoms with Gasteiger partial charge in [-0.2, -0.15) is 26.3 Å². The predicted octanol–water partition coefficient (Wildman–Crippen LogP) is 14.3. The zero-order valence-electron chi connectivity index (χ0n) is 44.5. The topological polar surface area (TPSA) is 242 Å². The lowest BCUT2D eigenvalue weighted by molar-refractivity contribution is -0.384. The highest BCUT2D eigenvalue weighted by Crippen LogP contribution is 2.42. The molecule has 2 amide bonds. The molecular weight excluding hydrogens is 1310 g/mol. The van der Waals surface area contributed by atoms with Crippen LogP contribution in [0.3, 0.4) is 0 Å². The van der Waals surface area contributed by atoms with Crippen molar-refractivity contribution >= 4 is 111 Å². The summed E-state index contributed by atoms with van der Waals surface area (Å²) in [7, 11) is 4.04. The average Bonchev–Trinajstić information content (AvgIpc) is 3.11. The quantitative estimate of drug-likeness (QED) is 0.0139. The lowest BCUT2D eigenvalue weighted by Crippen LogP contribution is -2.27. The molecule has 1 heterocycles. The van der Waals surface area contributed by atoms with E-state index >= 15 is 0 Å². The number of nitrogen functional groups attached to an aromatic ring is 1. The van der Waals surface area contributed by atoms with Crippen LogP contribution in [0.25, 0.3) is 16.7 Å². The van der Waals surface area contributed by atoms with Crippen molar-refractivity contribution in [3.8, 4) is 40.2 Å². The minimum atomic E-state index is -3.18. The van der Waals surface area contributed by atoms with Crippen molar-refractivity contribution < 1.29 is 74.1 Å². The number of nitrogens with one attached hydrogen (secondary N) is 4. The second kappa shape index (κ2) is 27.6. The summed E-state index contributed by atoms with van der Waals surface area (Å²) in [5.74, 6) is -1.60. The smallest absolute Gasteiger partial charge is 0.387 e. The van der Waals surface area contributed by atoms with Crippen LogP contribution in [0.2, 0.25) is 0 Å². The Balaban J connectivity index is 0.000000164. The van der Waals surface area contributed by atoms with Crippen molar-refractivity contribution in [1.29, 1.82) is 0 Å².